The zero-order valence-corrected chi connectivity index (χ0v) is 9.99. The molecule has 0 amide bonds. The molecule has 1 atom stereocenters. The van der Waals surface area contributed by atoms with E-state index in [-0.39, 0.29) is 17.5 Å². The predicted molar refractivity (Wildman–Crippen MR) is 59.6 cm³/mol. The van der Waals surface area contributed by atoms with Gasteiger partial charge in [-0.15, -0.1) is 0 Å². The molecule has 1 rings (SSSR count). The number of rotatable bonds is 5. The summed E-state index contributed by atoms with van der Waals surface area (Å²) in [6.07, 6.45) is 1.24. The van der Waals surface area contributed by atoms with Crippen molar-refractivity contribution in [2.45, 2.75) is 17.9 Å². The molecule has 1 heterocycles. The number of methoxy groups -OCH3 is 1. The maximum absolute atomic E-state index is 11.8. The summed E-state index contributed by atoms with van der Waals surface area (Å²) in [5.74, 6) is 0.367. The van der Waals surface area contributed by atoms with Crippen molar-refractivity contribution in [3.8, 4) is 5.88 Å². The second-order valence-electron chi connectivity index (χ2n) is 3.29. The lowest BCUT2D eigenvalue weighted by Crippen LogP contribution is -2.37. The van der Waals surface area contributed by atoms with Gasteiger partial charge in [0, 0.05) is 18.7 Å². The molecule has 6 nitrogen and oxygen atoms in total. The molecule has 0 fully saturated rings. The number of nitrogens with one attached hydrogen (secondary N) is 1. The molecular weight excluding hydrogens is 230 g/mol. The summed E-state index contributed by atoms with van der Waals surface area (Å²) < 4.78 is 30.8. The van der Waals surface area contributed by atoms with E-state index in [0.717, 1.165) is 0 Å². The summed E-state index contributed by atoms with van der Waals surface area (Å²) in [5, 5.41) is 0. The second-order valence-corrected chi connectivity index (χ2v) is 5.01. The molecule has 0 radical (unpaired) electrons. The van der Waals surface area contributed by atoms with Crippen LogP contribution in [0.15, 0.2) is 23.2 Å². The van der Waals surface area contributed by atoms with E-state index in [9.17, 15) is 8.42 Å². The fraction of sp³-hybridized carbons (Fsp3) is 0.444. The molecule has 0 aliphatic carbocycles. The van der Waals surface area contributed by atoms with Crippen molar-refractivity contribution in [3.05, 3.63) is 18.3 Å². The van der Waals surface area contributed by atoms with Crippen LogP contribution in [0.5, 0.6) is 5.88 Å². The lowest BCUT2D eigenvalue weighted by atomic mass is 10.4. The van der Waals surface area contributed by atoms with Crippen LogP contribution in [0.4, 0.5) is 0 Å². The summed E-state index contributed by atoms with van der Waals surface area (Å²) in [4.78, 5) is 3.92. The first-order chi connectivity index (χ1) is 7.49. The first-order valence-electron chi connectivity index (χ1n) is 4.72. The molecule has 0 saturated carbocycles. The van der Waals surface area contributed by atoms with Crippen LogP contribution in [0.2, 0.25) is 0 Å². The molecule has 0 aliphatic heterocycles. The maximum atomic E-state index is 11.8. The van der Waals surface area contributed by atoms with Crippen molar-refractivity contribution in [2.24, 2.45) is 5.73 Å². The fourth-order valence-electron chi connectivity index (χ4n) is 1.03. The first kappa shape index (κ1) is 12.9. The van der Waals surface area contributed by atoms with Gasteiger partial charge in [0.2, 0.25) is 15.9 Å². The van der Waals surface area contributed by atoms with E-state index in [1.54, 1.807) is 6.92 Å². The number of hydrogen-bond acceptors (Lipinski definition) is 5. The summed E-state index contributed by atoms with van der Waals surface area (Å²) in [6, 6.07) is 2.60. The van der Waals surface area contributed by atoms with Gasteiger partial charge in [0.25, 0.3) is 0 Å². The Morgan fingerprint density at radius 1 is 1.56 bits per heavy atom. The van der Waals surface area contributed by atoms with Gasteiger partial charge in [-0.3, -0.25) is 0 Å². The van der Waals surface area contributed by atoms with E-state index >= 15 is 0 Å². The highest BCUT2D eigenvalue weighted by Gasteiger charge is 2.16. The van der Waals surface area contributed by atoms with Crippen LogP contribution in [0.3, 0.4) is 0 Å². The van der Waals surface area contributed by atoms with Gasteiger partial charge in [0.05, 0.1) is 13.3 Å². The number of nitrogens with zero attached hydrogens (tertiary/aromatic N) is 1. The second kappa shape index (κ2) is 5.24. The van der Waals surface area contributed by atoms with Gasteiger partial charge in [-0.25, -0.2) is 18.1 Å². The molecule has 90 valence electrons. The molecule has 0 saturated heterocycles. The monoisotopic (exact) mass is 245 g/mol. The van der Waals surface area contributed by atoms with E-state index in [1.807, 2.05) is 0 Å². The van der Waals surface area contributed by atoms with Gasteiger partial charge in [-0.1, -0.05) is 0 Å². The Labute approximate surface area is 94.9 Å². The maximum Gasteiger partial charge on any atom is 0.242 e. The summed E-state index contributed by atoms with van der Waals surface area (Å²) in [6.45, 7) is 1.93. The normalized spacial score (nSPS) is 13.4. The van der Waals surface area contributed by atoms with Crippen molar-refractivity contribution in [1.29, 1.82) is 0 Å². The zero-order chi connectivity index (χ0) is 12.2. The number of ether oxygens (including phenoxy) is 1. The fourth-order valence-corrected chi connectivity index (χ4v) is 2.23. The van der Waals surface area contributed by atoms with Crippen molar-refractivity contribution >= 4 is 10.0 Å². The minimum Gasteiger partial charge on any atom is -0.481 e. The van der Waals surface area contributed by atoms with E-state index in [0.29, 0.717) is 5.88 Å². The standard InChI is InChI=1S/C9H15N3O3S/c1-7(5-10)12-16(13,14)8-3-4-9(15-2)11-6-8/h3-4,6-7,12H,5,10H2,1-2H3/t7-/m0/s1. The van der Waals surface area contributed by atoms with Crippen molar-refractivity contribution in [1.82, 2.24) is 9.71 Å². The summed E-state index contributed by atoms with van der Waals surface area (Å²) in [5.41, 5.74) is 5.34. The molecule has 16 heavy (non-hydrogen) atoms. The van der Waals surface area contributed by atoms with E-state index in [4.69, 9.17) is 10.5 Å². The largest absolute Gasteiger partial charge is 0.481 e. The van der Waals surface area contributed by atoms with E-state index in [1.165, 1.54) is 25.4 Å². The quantitative estimate of drug-likeness (QED) is 0.743. The number of nitrogens with two attached hydrogens (primary N) is 1. The number of aromatic nitrogens is 1. The third-order valence-corrected chi connectivity index (χ3v) is 3.51. The molecule has 0 aliphatic rings. The molecule has 3 N–H and O–H groups in total. The molecule has 0 unspecified atom stereocenters. The smallest absolute Gasteiger partial charge is 0.242 e. The number of sulfonamides is 1. The molecule has 0 aromatic carbocycles. The average molecular weight is 245 g/mol. The van der Waals surface area contributed by atoms with Crippen molar-refractivity contribution in [3.63, 3.8) is 0 Å². The van der Waals surface area contributed by atoms with Crippen LogP contribution < -0.4 is 15.2 Å². The Hall–Kier alpha value is -1.18. The third-order valence-electron chi connectivity index (χ3n) is 1.94. The molecule has 1 aromatic rings. The highest BCUT2D eigenvalue weighted by molar-refractivity contribution is 7.89. The Bertz CT molecular complexity index is 430. The predicted octanol–water partition coefficient (Wildman–Crippen LogP) is -0.284. The minimum absolute atomic E-state index is 0.0913. The lowest BCUT2D eigenvalue weighted by molar-refractivity contribution is 0.397. The number of pyridine rings is 1. The van der Waals surface area contributed by atoms with Crippen molar-refractivity contribution < 1.29 is 13.2 Å². The third kappa shape index (κ3) is 3.16. The topological polar surface area (TPSA) is 94.3 Å². The SMILES string of the molecule is COc1ccc(S(=O)(=O)N[C@@H](C)CN)cn1. The van der Waals surface area contributed by atoms with Crippen LogP contribution in [0, 0.1) is 0 Å². The van der Waals surface area contributed by atoms with Gasteiger partial charge >= 0.3 is 0 Å². The Balaban J connectivity index is 2.90. The Kier molecular flexibility index (Phi) is 4.22. The van der Waals surface area contributed by atoms with Crippen LogP contribution in [0.1, 0.15) is 6.92 Å². The summed E-state index contributed by atoms with van der Waals surface area (Å²) >= 11 is 0. The zero-order valence-electron chi connectivity index (χ0n) is 9.17. The van der Waals surface area contributed by atoms with Gasteiger partial charge in [-0.05, 0) is 13.0 Å². The molecular formula is C9H15N3O3S. The van der Waals surface area contributed by atoms with E-state index < -0.39 is 10.0 Å². The van der Waals surface area contributed by atoms with Gasteiger partial charge in [0.15, 0.2) is 0 Å². The highest BCUT2D eigenvalue weighted by Crippen LogP contribution is 2.11. The van der Waals surface area contributed by atoms with Gasteiger partial charge in [-0.2, -0.15) is 0 Å². The minimum atomic E-state index is -3.54. The lowest BCUT2D eigenvalue weighted by Gasteiger charge is -2.11. The summed E-state index contributed by atoms with van der Waals surface area (Å²) in [7, 11) is -2.08. The van der Waals surface area contributed by atoms with Crippen LogP contribution in [-0.2, 0) is 10.0 Å². The van der Waals surface area contributed by atoms with Crippen LogP contribution >= 0.6 is 0 Å². The highest BCUT2D eigenvalue weighted by atomic mass is 32.2. The molecule has 0 spiro atoms. The molecule has 7 heteroatoms. The van der Waals surface area contributed by atoms with Gasteiger partial charge < -0.3 is 10.5 Å². The molecule has 0 bridgehead atoms. The van der Waals surface area contributed by atoms with E-state index in [2.05, 4.69) is 9.71 Å². The van der Waals surface area contributed by atoms with Crippen molar-refractivity contribution in [2.75, 3.05) is 13.7 Å². The van der Waals surface area contributed by atoms with Crippen LogP contribution in [0.25, 0.3) is 0 Å². The Morgan fingerprint density at radius 2 is 2.25 bits per heavy atom. The van der Waals surface area contributed by atoms with Crippen LogP contribution in [-0.4, -0.2) is 33.1 Å². The average Bonchev–Trinajstić information content (AvgIpc) is 2.28. The number of hydrogen-bond donors (Lipinski definition) is 2. The Morgan fingerprint density at radius 3 is 2.69 bits per heavy atom. The molecule has 1 aromatic heterocycles. The van der Waals surface area contributed by atoms with Gasteiger partial charge in [0.1, 0.15) is 4.90 Å². The first-order valence-corrected chi connectivity index (χ1v) is 6.20.